The third-order valence-corrected chi connectivity index (χ3v) is 5.52. The third kappa shape index (κ3) is 1.74. The molecular weight excluding hydrogens is 308 g/mol. The molecule has 2 amide bonds. The first-order valence-electron chi connectivity index (χ1n) is 8.14. The van der Waals surface area contributed by atoms with Crippen LogP contribution in [0.25, 0.3) is 0 Å². The van der Waals surface area contributed by atoms with Crippen molar-refractivity contribution in [2.24, 2.45) is 28.8 Å². The zero-order valence-corrected chi connectivity index (χ0v) is 13.1. The van der Waals surface area contributed by atoms with Crippen molar-refractivity contribution in [3.8, 4) is 11.5 Å². The molecule has 1 saturated carbocycles. The van der Waals surface area contributed by atoms with Crippen LogP contribution < -0.4 is 9.47 Å². The van der Waals surface area contributed by atoms with Gasteiger partial charge in [-0.1, -0.05) is 12.2 Å². The molecule has 0 spiro atoms. The van der Waals surface area contributed by atoms with Crippen molar-refractivity contribution in [3.05, 3.63) is 35.4 Å². The molecule has 1 aromatic carbocycles. The monoisotopic (exact) mass is 324 g/mol. The van der Waals surface area contributed by atoms with Gasteiger partial charge in [0.2, 0.25) is 6.79 Å². The molecule has 2 aliphatic heterocycles. The Kier molecular flexibility index (Phi) is 2.69. The van der Waals surface area contributed by atoms with E-state index in [1.54, 1.807) is 6.21 Å². The first-order valence-corrected chi connectivity index (χ1v) is 8.14. The maximum Gasteiger partial charge on any atom is 0.254 e. The van der Waals surface area contributed by atoms with Gasteiger partial charge in [0.15, 0.2) is 11.5 Å². The molecule has 122 valence electrons. The molecule has 2 bridgehead atoms. The van der Waals surface area contributed by atoms with Gasteiger partial charge in [0.05, 0.1) is 18.1 Å². The van der Waals surface area contributed by atoms with Crippen LogP contribution in [0, 0.1) is 30.6 Å². The molecule has 0 N–H and O–H groups in total. The van der Waals surface area contributed by atoms with Crippen LogP contribution in [0.1, 0.15) is 17.5 Å². The molecular formula is C18H16N2O4. The average molecular weight is 324 g/mol. The minimum Gasteiger partial charge on any atom is -0.454 e. The van der Waals surface area contributed by atoms with Crippen LogP contribution in [0.4, 0.5) is 0 Å². The van der Waals surface area contributed by atoms with Crippen molar-refractivity contribution < 1.29 is 19.1 Å². The number of benzene rings is 1. The molecule has 4 aliphatic rings. The van der Waals surface area contributed by atoms with Crippen LogP contribution in [-0.4, -0.2) is 29.8 Å². The van der Waals surface area contributed by atoms with Gasteiger partial charge in [0.25, 0.3) is 11.8 Å². The van der Waals surface area contributed by atoms with Gasteiger partial charge < -0.3 is 9.47 Å². The lowest BCUT2D eigenvalue weighted by Gasteiger charge is -2.13. The molecule has 2 aliphatic carbocycles. The molecule has 6 heteroatoms. The lowest BCUT2D eigenvalue weighted by Crippen LogP contribution is -2.28. The Morgan fingerprint density at radius 1 is 1.08 bits per heavy atom. The van der Waals surface area contributed by atoms with E-state index in [1.165, 1.54) is 0 Å². The van der Waals surface area contributed by atoms with Crippen molar-refractivity contribution in [1.29, 1.82) is 0 Å². The number of aryl methyl sites for hydroxylation is 1. The fourth-order valence-electron chi connectivity index (χ4n) is 4.32. The van der Waals surface area contributed by atoms with Gasteiger partial charge in [-0.05, 0) is 42.9 Å². The highest BCUT2D eigenvalue weighted by Crippen LogP contribution is 2.52. The summed E-state index contributed by atoms with van der Waals surface area (Å²) >= 11 is 0. The van der Waals surface area contributed by atoms with Crippen molar-refractivity contribution >= 4 is 18.0 Å². The molecule has 0 radical (unpaired) electrons. The zero-order chi connectivity index (χ0) is 16.4. The van der Waals surface area contributed by atoms with Crippen LogP contribution in [0.2, 0.25) is 0 Å². The van der Waals surface area contributed by atoms with Gasteiger partial charge in [-0.25, -0.2) is 0 Å². The number of fused-ring (bicyclic) bond motifs is 6. The molecule has 0 unspecified atom stereocenters. The van der Waals surface area contributed by atoms with E-state index in [4.69, 9.17) is 9.47 Å². The van der Waals surface area contributed by atoms with E-state index < -0.39 is 0 Å². The Bertz CT molecular complexity index is 799. The fourth-order valence-corrected chi connectivity index (χ4v) is 4.32. The Morgan fingerprint density at radius 2 is 1.71 bits per heavy atom. The zero-order valence-electron chi connectivity index (χ0n) is 13.1. The van der Waals surface area contributed by atoms with Crippen molar-refractivity contribution in [1.82, 2.24) is 5.01 Å². The highest BCUT2D eigenvalue weighted by Gasteiger charge is 2.59. The lowest BCUT2D eigenvalue weighted by molar-refractivity contribution is -0.140. The largest absolute Gasteiger partial charge is 0.454 e. The summed E-state index contributed by atoms with van der Waals surface area (Å²) in [5.74, 6) is 0.973. The maximum absolute atomic E-state index is 12.6. The van der Waals surface area contributed by atoms with Gasteiger partial charge in [-0.2, -0.15) is 10.1 Å². The first-order chi connectivity index (χ1) is 11.6. The van der Waals surface area contributed by atoms with Gasteiger partial charge >= 0.3 is 0 Å². The number of hydrogen-bond donors (Lipinski definition) is 0. The summed E-state index contributed by atoms with van der Waals surface area (Å²) in [5.41, 5.74) is 1.75. The van der Waals surface area contributed by atoms with Crippen LogP contribution >= 0.6 is 0 Å². The summed E-state index contributed by atoms with van der Waals surface area (Å²) in [6, 6.07) is 3.69. The predicted octanol–water partition coefficient (Wildman–Crippen LogP) is 1.86. The second-order valence-electron chi connectivity index (χ2n) is 6.79. The number of ether oxygens (including phenoxy) is 2. The summed E-state index contributed by atoms with van der Waals surface area (Å²) in [6.45, 7) is 2.13. The number of nitrogens with zero attached hydrogens (tertiary/aromatic N) is 2. The molecule has 5 rings (SSSR count). The Morgan fingerprint density at radius 3 is 2.38 bits per heavy atom. The van der Waals surface area contributed by atoms with E-state index in [0.29, 0.717) is 11.5 Å². The second kappa shape index (κ2) is 4.69. The molecule has 24 heavy (non-hydrogen) atoms. The van der Waals surface area contributed by atoms with Crippen LogP contribution in [0.5, 0.6) is 11.5 Å². The van der Waals surface area contributed by atoms with E-state index in [2.05, 4.69) is 17.3 Å². The fraction of sp³-hybridized carbons (Fsp3) is 0.389. The van der Waals surface area contributed by atoms with Crippen LogP contribution in [0.3, 0.4) is 0 Å². The average Bonchev–Trinajstić information content (AvgIpc) is 3.31. The molecule has 2 fully saturated rings. The predicted molar refractivity (Wildman–Crippen MR) is 84.5 cm³/mol. The van der Waals surface area contributed by atoms with E-state index in [1.807, 2.05) is 19.1 Å². The first kappa shape index (κ1) is 13.8. The normalized spacial score (nSPS) is 32.5. The molecule has 2 heterocycles. The highest BCUT2D eigenvalue weighted by atomic mass is 16.7. The quantitative estimate of drug-likeness (QED) is 0.473. The second-order valence-corrected chi connectivity index (χ2v) is 6.79. The molecule has 1 aromatic rings. The summed E-state index contributed by atoms with van der Waals surface area (Å²) in [7, 11) is 0. The number of allylic oxidation sites excluding steroid dienone is 2. The number of carbonyl (C=O) groups excluding carboxylic acids is 2. The standard InChI is InChI=1S/C18H16N2O4/c1-9-4-13-14(24-8-23-13)6-12(9)7-19-20-17(21)15-10-2-3-11(5-10)16(15)18(20)22/h2-4,6-7,10-11,15-16H,5,8H2,1H3/t10-,11-,15-,16+/m0/s1. The van der Waals surface area contributed by atoms with E-state index >= 15 is 0 Å². The minimum atomic E-state index is -0.220. The van der Waals surface area contributed by atoms with E-state index in [9.17, 15) is 9.59 Å². The summed E-state index contributed by atoms with van der Waals surface area (Å²) in [5, 5.41) is 5.27. The molecule has 0 aromatic heterocycles. The number of hydrazone groups is 1. The smallest absolute Gasteiger partial charge is 0.254 e. The number of hydrogen-bond acceptors (Lipinski definition) is 5. The Labute approximate surface area is 138 Å². The minimum absolute atomic E-state index is 0.170. The van der Waals surface area contributed by atoms with Crippen LogP contribution in [0.15, 0.2) is 29.4 Å². The topological polar surface area (TPSA) is 68.2 Å². The summed E-state index contributed by atoms with van der Waals surface area (Å²) in [6.07, 6.45) is 6.63. The van der Waals surface area contributed by atoms with E-state index in [0.717, 1.165) is 22.6 Å². The highest BCUT2D eigenvalue weighted by molar-refractivity contribution is 6.06. The van der Waals surface area contributed by atoms with Gasteiger partial charge in [-0.3, -0.25) is 9.59 Å². The number of amides is 2. The van der Waals surface area contributed by atoms with Gasteiger partial charge in [-0.15, -0.1) is 0 Å². The molecule has 1 saturated heterocycles. The van der Waals surface area contributed by atoms with Crippen molar-refractivity contribution in [2.45, 2.75) is 13.3 Å². The maximum atomic E-state index is 12.6. The Hall–Kier alpha value is -2.63. The molecule has 6 nitrogen and oxygen atoms in total. The van der Waals surface area contributed by atoms with E-state index in [-0.39, 0.29) is 42.3 Å². The number of carbonyl (C=O) groups is 2. The van der Waals surface area contributed by atoms with Gasteiger partial charge in [0, 0.05) is 5.56 Å². The summed E-state index contributed by atoms with van der Waals surface area (Å²) < 4.78 is 10.7. The number of imide groups is 1. The van der Waals surface area contributed by atoms with Crippen LogP contribution in [-0.2, 0) is 9.59 Å². The summed E-state index contributed by atoms with van der Waals surface area (Å²) in [4.78, 5) is 25.2. The van der Waals surface area contributed by atoms with Crippen molar-refractivity contribution in [2.75, 3.05) is 6.79 Å². The molecule has 4 atom stereocenters. The van der Waals surface area contributed by atoms with Crippen molar-refractivity contribution in [3.63, 3.8) is 0 Å². The SMILES string of the molecule is Cc1cc2c(cc1C=NN1C(=O)[C@@H]3[C@H](C1=O)[C@H]1C=C[C@H]3C1)OCO2. The lowest BCUT2D eigenvalue weighted by atomic mass is 9.85. The van der Waals surface area contributed by atoms with Gasteiger partial charge in [0.1, 0.15) is 0 Å². The number of rotatable bonds is 2. The third-order valence-electron chi connectivity index (χ3n) is 5.52. The Balaban J connectivity index is 1.44.